The van der Waals surface area contributed by atoms with E-state index in [-0.39, 0.29) is 12.0 Å². The maximum atomic E-state index is 12.4. The molecule has 1 amide bonds. The molecule has 0 radical (unpaired) electrons. The van der Waals surface area contributed by atoms with Gasteiger partial charge in [0.2, 0.25) is 5.91 Å². The molecule has 2 atom stereocenters. The fraction of sp³-hybridized carbons (Fsp3) is 0.632. The maximum Gasteiger partial charge on any atom is 0.236 e. The van der Waals surface area contributed by atoms with Gasteiger partial charge in [-0.3, -0.25) is 9.69 Å². The number of piperidine rings is 2. The van der Waals surface area contributed by atoms with Crippen LogP contribution in [0.25, 0.3) is 0 Å². The normalized spacial score (nSPS) is 28.6. The molecule has 2 saturated heterocycles. The van der Waals surface area contributed by atoms with Gasteiger partial charge in [-0.05, 0) is 44.7 Å². The number of β-amino-alcohol motifs (C(OH)–C–C–N with tert-alkyl or cyclic N) is 1. The molecule has 2 aliphatic heterocycles. The molecule has 132 valence electrons. The van der Waals surface area contributed by atoms with Crippen LogP contribution in [0.15, 0.2) is 30.3 Å². The summed E-state index contributed by atoms with van der Waals surface area (Å²) in [6.45, 7) is 5.19. The third kappa shape index (κ3) is 4.28. The SMILES string of the molecule is C[C@]1(O)CN(CC(=O)N2CCCCC2)CC[C@@H]1Oc1ccccc1. The van der Waals surface area contributed by atoms with Crippen molar-refractivity contribution in [3.8, 4) is 5.75 Å². The standard InChI is InChI=1S/C19H28N2O3/c1-19(23)15-20(14-18(22)21-11-6-3-7-12-21)13-10-17(19)24-16-8-4-2-5-9-16/h2,4-5,8-9,17,23H,3,6-7,10-15H2,1H3/t17-,19-/m0/s1. The number of carbonyl (C=O) groups excluding carboxylic acids is 1. The lowest BCUT2D eigenvalue weighted by atomic mass is 9.91. The zero-order valence-corrected chi connectivity index (χ0v) is 14.5. The number of aliphatic hydroxyl groups is 1. The summed E-state index contributed by atoms with van der Waals surface area (Å²) in [7, 11) is 0. The molecular weight excluding hydrogens is 304 g/mol. The van der Waals surface area contributed by atoms with Crippen molar-refractivity contribution in [2.75, 3.05) is 32.7 Å². The average molecular weight is 332 g/mol. The van der Waals surface area contributed by atoms with Gasteiger partial charge < -0.3 is 14.7 Å². The minimum absolute atomic E-state index is 0.188. The van der Waals surface area contributed by atoms with Gasteiger partial charge in [0.1, 0.15) is 17.5 Å². The number of benzene rings is 1. The van der Waals surface area contributed by atoms with E-state index in [0.29, 0.717) is 13.1 Å². The Morgan fingerprint density at radius 2 is 1.92 bits per heavy atom. The number of hydrogen-bond acceptors (Lipinski definition) is 4. The second-order valence-corrected chi connectivity index (χ2v) is 7.22. The number of amides is 1. The number of ether oxygens (including phenoxy) is 1. The fourth-order valence-electron chi connectivity index (χ4n) is 3.66. The van der Waals surface area contributed by atoms with Crippen molar-refractivity contribution in [1.29, 1.82) is 0 Å². The number of nitrogens with zero attached hydrogens (tertiary/aromatic N) is 2. The summed E-state index contributed by atoms with van der Waals surface area (Å²) in [5.41, 5.74) is -0.962. The maximum absolute atomic E-state index is 12.4. The lowest BCUT2D eigenvalue weighted by Gasteiger charge is -2.43. The zero-order chi connectivity index (χ0) is 17.0. The molecule has 1 aromatic rings. The molecule has 2 aliphatic rings. The van der Waals surface area contributed by atoms with E-state index in [2.05, 4.69) is 4.90 Å². The van der Waals surface area contributed by atoms with E-state index in [9.17, 15) is 9.90 Å². The number of likely N-dealkylation sites (tertiary alicyclic amines) is 2. The minimum atomic E-state index is -0.962. The highest BCUT2D eigenvalue weighted by molar-refractivity contribution is 5.78. The summed E-state index contributed by atoms with van der Waals surface area (Å²) in [4.78, 5) is 16.4. The van der Waals surface area contributed by atoms with Crippen LogP contribution in [0.5, 0.6) is 5.75 Å². The van der Waals surface area contributed by atoms with Gasteiger partial charge in [-0.25, -0.2) is 0 Å². The molecule has 0 unspecified atom stereocenters. The molecule has 3 rings (SSSR count). The second kappa shape index (κ2) is 7.53. The van der Waals surface area contributed by atoms with Gasteiger partial charge in [-0.1, -0.05) is 18.2 Å². The summed E-state index contributed by atoms with van der Waals surface area (Å²) in [6, 6.07) is 9.61. The second-order valence-electron chi connectivity index (χ2n) is 7.22. The monoisotopic (exact) mass is 332 g/mol. The van der Waals surface area contributed by atoms with Crippen LogP contribution in [-0.4, -0.2) is 65.2 Å². The Morgan fingerprint density at radius 3 is 2.58 bits per heavy atom. The molecule has 24 heavy (non-hydrogen) atoms. The average Bonchev–Trinajstić information content (AvgIpc) is 2.58. The van der Waals surface area contributed by atoms with E-state index >= 15 is 0 Å². The van der Waals surface area contributed by atoms with E-state index in [1.165, 1.54) is 6.42 Å². The molecular formula is C19H28N2O3. The molecule has 1 aromatic carbocycles. The minimum Gasteiger partial charge on any atom is -0.487 e. The van der Waals surface area contributed by atoms with Gasteiger partial charge in [0, 0.05) is 26.2 Å². The van der Waals surface area contributed by atoms with Crippen molar-refractivity contribution >= 4 is 5.91 Å². The molecule has 2 fully saturated rings. The van der Waals surface area contributed by atoms with E-state index in [4.69, 9.17) is 4.74 Å². The number of carbonyl (C=O) groups is 1. The molecule has 5 heteroatoms. The predicted octanol–water partition coefficient (Wildman–Crippen LogP) is 1.90. The largest absolute Gasteiger partial charge is 0.487 e. The molecule has 0 spiro atoms. The molecule has 0 aliphatic carbocycles. The lowest BCUT2D eigenvalue weighted by Crippen LogP contribution is -2.58. The molecule has 0 saturated carbocycles. The Balaban J connectivity index is 1.54. The van der Waals surface area contributed by atoms with Crippen LogP contribution in [0, 0.1) is 0 Å². The Morgan fingerprint density at radius 1 is 1.21 bits per heavy atom. The first kappa shape index (κ1) is 17.2. The van der Waals surface area contributed by atoms with Gasteiger partial charge in [0.15, 0.2) is 0 Å². The van der Waals surface area contributed by atoms with Crippen LogP contribution in [-0.2, 0) is 4.79 Å². The summed E-state index contributed by atoms with van der Waals surface area (Å²) in [6.07, 6.45) is 3.91. The molecule has 2 heterocycles. The van der Waals surface area contributed by atoms with Crippen LogP contribution in [0.4, 0.5) is 0 Å². The zero-order valence-electron chi connectivity index (χ0n) is 14.5. The van der Waals surface area contributed by atoms with Gasteiger partial charge in [0.05, 0.1) is 6.54 Å². The predicted molar refractivity (Wildman–Crippen MR) is 93.0 cm³/mol. The van der Waals surface area contributed by atoms with Gasteiger partial charge in [0.25, 0.3) is 0 Å². The van der Waals surface area contributed by atoms with Crippen LogP contribution >= 0.6 is 0 Å². The highest BCUT2D eigenvalue weighted by atomic mass is 16.5. The third-order valence-corrected chi connectivity index (χ3v) is 5.03. The van der Waals surface area contributed by atoms with E-state index in [1.807, 2.05) is 35.2 Å². The van der Waals surface area contributed by atoms with Crippen molar-refractivity contribution in [3.63, 3.8) is 0 Å². The molecule has 0 bridgehead atoms. The molecule has 1 N–H and O–H groups in total. The van der Waals surface area contributed by atoms with E-state index in [0.717, 1.165) is 44.6 Å². The van der Waals surface area contributed by atoms with Crippen LogP contribution in [0.1, 0.15) is 32.6 Å². The number of rotatable bonds is 4. The summed E-state index contributed by atoms with van der Waals surface area (Å²) >= 11 is 0. The van der Waals surface area contributed by atoms with Crippen molar-refractivity contribution in [1.82, 2.24) is 9.80 Å². The first-order valence-corrected chi connectivity index (χ1v) is 8.99. The Bertz CT molecular complexity index is 541. The third-order valence-electron chi connectivity index (χ3n) is 5.03. The fourth-order valence-corrected chi connectivity index (χ4v) is 3.66. The first-order valence-electron chi connectivity index (χ1n) is 8.99. The van der Waals surface area contributed by atoms with Gasteiger partial charge >= 0.3 is 0 Å². The van der Waals surface area contributed by atoms with Crippen molar-refractivity contribution in [2.24, 2.45) is 0 Å². The van der Waals surface area contributed by atoms with Crippen LogP contribution < -0.4 is 4.74 Å². The van der Waals surface area contributed by atoms with Crippen LogP contribution in [0.2, 0.25) is 0 Å². The Labute approximate surface area is 144 Å². The summed E-state index contributed by atoms with van der Waals surface area (Å²) in [5.74, 6) is 0.966. The summed E-state index contributed by atoms with van der Waals surface area (Å²) in [5, 5.41) is 10.8. The van der Waals surface area contributed by atoms with Crippen molar-refractivity contribution in [2.45, 2.75) is 44.3 Å². The van der Waals surface area contributed by atoms with Gasteiger partial charge in [-0.2, -0.15) is 0 Å². The Kier molecular flexibility index (Phi) is 5.41. The van der Waals surface area contributed by atoms with Crippen LogP contribution in [0.3, 0.4) is 0 Å². The highest BCUT2D eigenvalue weighted by Gasteiger charge is 2.40. The number of hydrogen-bond donors (Lipinski definition) is 1. The van der Waals surface area contributed by atoms with Crippen molar-refractivity contribution < 1.29 is 14.6 Å². The topological polar surface area (TPSA) is 53.0 Å². The van der Waals surface area contributed by atoms with Gasteiger partial charge in [-0.15, -0.1) is 0 Å². The molecule has 5 nitrogen and oxygen atoms in total. The highest BCUT2D eigenvalue weighted by Crippen LogP contribution is 2.26. The van der Waals surface area contributed by atoms with E-state index < -0.39 is 5.60 Å². The number of para-hydroxylation sites is 1. The summed E-state index contributed by atoms with van der Waals surface area (Å²) < 4.78 is 5.97. The quantitative estimate of drug-likeness (QED) is 0.915. The van der Waals surface area contributed by atoms with E-state index in [1.54, 1.807) is 6.92 Å². The smallest absolute Gasteiger partial charge is 0.236 e. The lowest BCUT2D eigenvalue weighted by molar-refractivity contribution is -0.138. The molecule has 0 aromatic heterocycles. The first-order chi connectivity index (χ1) is 11.5. The van der Waals surface area contributed by atoms with Crippen molar-refractivity contribution in [3.05, 3.63) is 30.3 Å². The Hall–Kier alpha value is -1.59.